The van der Waals surface area contributed by atoms with Crippen molar-refractivity contribution in [1.29, 1.82) is 0 Å². The molecule has 1 amide bonds. The number of rotatable bonds is 4. The minimum Gasteiger partial charge on any atom is -0.323 e. The minimum atomic E-state index is -3.55. The predicted molar refractivity (Wildman–Crippen MR) is 89.6 cm³/mol. The summed E-state index contributed by atoms with van der Waals surface area (Å²) in [6.45, 7) is 0.488. The maximum absolute atomic E-state index is 13.8. The van der Waals surface area contributed by atoms with Gasteiger partial charge in [-0.05, 0) is 31.0 Å². The summed E-state index contributed by atoms with van der Waals surface area (Å²) < 4.78 is 41.1. The molecule has 1 aromatic rings. The standard InChI is InChI=1S/C14H19BrFN3O3S/c1-18(2)23(21,22)19-7-3-4-10(9-19)14(20)17-13-6-5-11(15)8-12(13)16/h5-6,8,10H,3-4,7,9H2,1-2H3,(H,17,20)/t10-/m0/s1. The van der Waals surface area contributed by atoms with Crippen LogP contribution in [0, 0.1) is 11.7 Å². The van der Waals surface area contributed by atoms with Crippen LogP contribution in [0.2, 0.25) is 0 Å². The summed E-state index contributed by atoms with van der Waals surface area (Å²) in [6.07, 6.45) is 1.16. The largest absolute Gasteiger partial charge is 0.323 e. The van der Waals surface area contributed by atoms with Crippen LogP contribution in [0.15, 0.2) is 22.7 Å². The Balaban J connectivity index is 2.08. The molecular formula is C14H19BrFN3O3S. The fourth-order valence-corrected chi connectivity index (χ4v) is 3.95. The number of anilines is 1. The molecule has 0 unspecified atom stereocenters. The van der Waals surface area contributed by atoms with Gasteiger partial charge in [0, 0.05) is 31.7 Å². The van der Waals surface area contributed by atoms with E-state index in [2.05, 4.69) is 21.2 Å². The number of benzene rings is 1. The van der Waals surface area contributed by atoms with Crippen LogP contribution in [0.3, 0.4) is 0 Å². The first-order chi connectivity index (χ1) is 10.7. The van der Waals surface area contributed by atoms with E-state index >= 15 is 0 Å². The van der Waals surface area contributed by atoms with Gasteiger partial charge in [0.15, 0.2) is 0 Å². The average molecular weight is 408 g/mol. The first kappa shape index (κ1) is 18.3. The van der Waals surface area contributed by atoms with Crippen molar-refractivity contribution in [2.24, 2.45) is 5.92 Å². The van der Waals surface area contributed by atoms with Crippen LogP contribution in [0.4, 0.5) is 10.1 Å². The van der Waals surface area contributed by atoms with Crippen LogP contribution in [0.1, 0.15) is 12.8 Å². The molecule has 1 saturated heterocycles. The Morgan fingerprint density at radius 2 is 2.13 bits per heavy atom. The van der Waals surface area contributed by atoms with Crippen molar-refractivity contribution in [2.75, 3.05) is 32.5 Å². The highest BCUT2D eigenvalue weighted by molar-refractivity contribution is 9.10. The number of piperidine rings is 1. The average Bonchev–Trinajstić information content (AvgIpc) is 2.50. The number of amides is 1. The van der Waals surface area contributed by atoms with Gasteiger partial charge < -0.3 is 5.32 Å². The lowest BCUT2D eigenvalue weighted by Gasteiger charge is -2.32. The summed E-state index contributed by atoms with van der Waals surface area (Å²) in [4.78, 5) is 12.3. The van der Waals surface area contributed by atoms with Crippen molar-refractivity contribution < 1.29 is 17.6 Å². The number of nitrogens with one attached hydrogen (secondary N) is 1. The summed E-state index contributed by atoms with van der Waals surface area (Å²) in [6, 6.07) is 4.36. The summed E-state index contributed by atoms with van der Waals surface area (Å²) in [5.41, 5.74) is 0.0887. The molecule has 0 radical (unpaired) electrons. The quantitative estimate of drug-likeness (QED) is 0.829. The van der Waals surface area contributed by atoms with Crippen LogP contribution in [-0.2, 0) is 15.0 Å². The molecule has 1 aliphatic rings. The van der Waals surface area contributed by atoms with Gasteiger partial charge in [0.05, 0.1) is 11.6 Å². The zero-order valence-corrected chi connectivity index (χ0v) is 15.3. The molecule has 1 N–H and O–H groups in total. The van der Waals surface area contributed by atoms with E-state index in [0.717, 1.165) is 4.31 Å². The second-order valence-corrected chi connectivity index (χ2v) is 8.66. The Hall–Kier alpha value is -1.03. The molecule has 0 aromatic heterocycles. The normalized spacial score (nSPS) is 19.8. The maximum Gasteiger partial charge on any atom is 0.281 e. The van der Waals surface area contributed by atoms with Gasteiger partial charge in [-0.1, -0.05) is 15.9 Å². The van der Waals surface area contributed by atoms with Crippen LogP contribution in [0.5, 0.6) is 0 Å². The third-order valence-electron chi connectivity index (χ3n) is 3.73. The van der Waals surface area contributed by atoms with E-state index in [4.69, 9.17) is 0 Å². The minimum absolute atomic E-state index is 0.0887. The molecule has 6 nitrogen and oxygen atoms in total. The molecule has 1 aromatic carbocycles. The fourth-order valence-electron chi connectivity index (χ4n) is 2.42. The predicted octanol–water partition coefficient (Wildman–Crippen LogP) is 2.05. The van der Waals surface area contributed by atoms with E-state index in [-0.39, 0.29) is 18.1 Å². The number of hydrogen-bond acceptors (Lipinski definition) is 3. The molecule has 23 heavy (non-hydrogen) atoms. The summed E-state index contributed by atoms with van der Waals surface area (Å²) in [5.74, 6) is -1.41. The van der Waals surface area contributed by atoms with Crippen molar-refractivity contribution in [2.45, 2.75) is 12.8 Å². The number of carbonyl (C=O) groups excluding carboxylic acids is 1. The second-order valence-electron chi connectivity index (χ2n) is 5.60. The Bertz CT molecular complexity index is 697. The highest BCUT2D eigenvalue weighted by Crippen LogP contribution is 2.24. The van der Waals surface area contributed by atoms with Gasteiger partial charge in [-0.3, -0.25) is 4.79 Å². The topological polar surface area (TPSA) is 69.7 Å². The van der Waals surface area contributed by atoms with E-state index in [1.165, 1.54) is 30.5 Å². The summed E-state index contributed by atoms with van der Waals surface area (Å²) >= 11 is 3.15. The first-order valence-electron chi connectivity index (χ1n) is 7.15. The molecule has 0 aliphatic carbocycles. The van der Waals surface area contributed by atoms with Crippen molar-refractivity contribution in [3.8, 4) is 0 Å². The highest BCUT2D eigenvalue weighted by Gasteiger charge is 2.33. The number of halogens is 2. The SMILES string of the molecule is CN(C)S(=O)(=O)N1CCC[C@H](C(=O)Nc2ccc(Br)cc2F)C1. The molecule has 9 heteroatoms. The lowest BCUT2D eigenvalue weighted by atomic mass is 9.98. The van der Waals surface area contributed by atoms with E-state index in [1.807, 2.05) is 0 Å². The number of hydrogen-bond donors (Lipinski definition) is 1. The van der Waals surface area contributed by atoms with Gasteiger partial charge in [-0.15, -0.1) is 0 Å². The molecule has 1 fully saturated rings. The number of nitrogens with zero attached hydrogens (tertiary/aromatic N) is 2. The van der Waals surface area contributed by atoms with Crippen LogP contribution < -0.4 is 5.32 Å². The van der Waals surface area contributed by atoms with Gasteiger partial charge in [0.25, 0.3) is 10.2 Å². The molecule has 1 aliphatic heterocycles. The highest BCUT2D eigenvalue weighted by atomic mass is 79.9. The third-order valence-corrected chi connectivity index (χ3v) is 6.13. The van der Waals surface area contributed by atoms with Crippen LogP contribution in [0.25, 0.3) is 0 Å². The third kappa shape index (κ3) is 4.28. The van der Waals surface area contributed by atoms with Crippen molar-refractivity contribution in [3.05, 3.63) is 28.5 Å². The lowest BCUT2D eigenvalue weighted by Crippen LogP contribution is -2.47. The first-order valence-corrected chi connectivity index (χ1v) is 9.34. The van der Waals surface area contributed by atoms with Gasteiger partial charge >= 0.3 is 0 Å². The Kier molecular flexibility index (Phi) is 5.77. The van der Waals surface area contributed by atoms with Crippen molar-refractivity contribution in [1.82, 2.24) is 8.61 Å². The Morgan fingerprint density at radius 3 is 2.74 bits per heavy atom. The van der Waals surface area contributed by atoms with Gasteiger partial charge in [0.2, 0.25) is 5.91 Å². The molecule has 1 heterocycles. The zero-order chi connectivity index (χ0) is 17.2. The van der Waals surface area contributed by atoms with Gasteiger partial charge in [-0.25, -0.2) is 4.39 Å². The van der Waals surface area contributed by atoms with Crippen molar-refractivity contribution >= 4 is 37.7 Å². The van der Waals surface area contributed by atoms with Crippen molar-refractivity contribution in [3.63, 3.8) is 0 Å². The molecule has 0 spiro atoms. The monoisotopic (exact) mass is 407 g/mol. The molecule has 1 atom stereocenters. The van der Waals surface area contributed by atoms with E-state index in [1.54, 1.807) is 6.07 Å². The smallest absolute Gasteiger partial charge is 0.281 e. The molecule has 0 bridgehead atoms. The maximum atomic E-state index is 13.8. The Morgan fingerprint density at radius 1 is 1.43 bits per heavy atom. The molecule has 2 rings (SSSR count). The number of carbonyl (C=O) groups is 1. The lowest BCUT2D eigenvalue weighted by molar-refractivity contribution is -0.120. The molecular weight excluding hydrogens is 389 g/mol. The second kappa shape index (κ2) is 7.25. The zero-order valence-electron chi connectivity index (χ0n) is 12.9. The van der Waals surface area contributed by atoms with E-state index in [0.29, 0.717) is 23.9 Å². The Labute approximate surface area is 144 Å². The van der Waals surface area contributed by atoms with Gasteiger partial charge in [0.1, 0.15) is 5.82 Å². The fraction of sp³-hybridized carbons (Fsp3) is 0.500. The summed E-state index contributed by atoms with van der Waals surface area (Å²) in [5, 5.41) is 2.54. The molecule has 0 saturated carbocycles. The van der Waals surface area contributed by atoms with Gasteiger partial charge in [-0.2, -0.15) is 17.0 Å². The summed E-state index contributed by atoms with van der Waals surface area (Å²) in [7, 11) is -0.637. The van der Waals surface area contributed by atoms with Crippen LogP contribution >= 0.6 is 15.9 Å². The molecule has 128 valence electrons. The van der Waals surface area contributed by atoms with E-state index < -0.39 is 21.9 Å². The van der Waals surface area contributed by atoms with E-state index in [9.17, 15) is 17.6 Å². The van der Waals surface area contributed by atoms with Crippen LogP contribution in [-0.4, -0.2) is 50.1 Å².